The largest absolute Gasteiger partial charge is 0.372 e. The van der Waals surface area contributed by atoms with E-state index in [2.05, 4.69) is 15.3 Å². The van der Waals surface area contributed by atoms with Crippen LogP contribution in [-0.2, 0) is 0 Å². The van der Waals surface area contributed by atoms with Crippen molar-refractivity contribution < 1.29 is 17.6 Å². The summed E-state index contributed by atoms with van der Waals surface area (Å²) < 4.78 is 52.9. The van der Waals surface area contributed by atoms with Crippen molar-refractivity contribution in [2.45, 2.75) is 13.0 Å². The minimum absolute atomic E-state index is 0.156. The molecule has 3 nitrogen and oxygen atoms in total. The van der Waals surface area contributed by atoms with Crippen molar-refractivity contribution in [1.29, 1.82) is 0 Å². The minimum atomic E-state index is -1.48. The Hall–Kier alpha value is -2.18. The molecule has 0 saturated carbocycles. The predicted molar refractivity (Wildman–Crippen MR) is 60.3 cm³/mol. The van der Waals surface area contributed by atoms with Crippen LogP contribution in [0, 0.1) is 23.3 Å². The van der Waals surface area contributed by atoms with Crippen molar-refractivity contribution in [2.24, 2.45) is 0 Å². The molecular weight excluding hydrogens is 262 g/mol. The van der Waals surface area contributed by atoms with Crippen LogP contribution in [0.3, 0.4) is 0 Å². The number of aromatic nitrogens is 2. The topological polar surface area (TPSA) is 37.8 Å². The van der Waals surface area contributed by atoms with Gasteiger partial charge in [0.1, 0.15) is 5.69 Å². The van der Waals surface area contributed by atoms with Crippen molar-refractivity contribution >= 4 is 5.69 Å². The van der Waals surface area contributed by atoms with E-state index in [9.17, 15) is 17.6 Å². The Kier molecular flexibility index (Phi) is 3.64. The number of nitrogens with one attached hydrogen (secondary N) is 1. The number of hydrogen-bond acceptors (Lipinski definition) is 3. The first-order chi connectivity index (χ1) is 9.00. The highest BCUT2D eigenvalue weighted by molar-refractivity contribution is 5.48. The minimum Gasteiger partial charge on any atom is -0.372 e. The molecule has 0 aliphatic heterocycles. The van der Waals surface area contributed by atoms with E-state index >= 15 is 0 Å². The standard InChI is InChI=1S/C12H9F4N3/c1-6(9-5-17-2-3-18-9)19-12-10(15)7(13)4-8(14)11(12)16/h2-6,19H,1H3. The Morgan fingerprint density at radius 3 is 2.21 bits per heavy atom. The maximum atomic E-state index is 13.4. The van der Waals surface area contributed by atoms with Gasteiger partial charge in [-0.2, -0.15) is 0 Å². The number of nitrogens with zero attached hydrogens (tertiary/aromatic N) is 2. The summed E-state index contributed by atoms with van der Waals surface area (Å²) >= 11 is 0. The maximum Gasteiger partial charge on any atom is 0.185 e. The molecule has 0 amide bonds. The van der Waals surface area contributed by atoms with Crippen molar-refractivity contribution in [3.8, 4) is 0 Å². The summed E-state index contributed by atoms with van der Waals surface area (Å²) in [6, 6.07) is -0.512. The summed E-state index contributed by atoms with van der Waals surface area (Å²) in [7, 11) is 0. The molecule has 7 heteroatoms. The molecule has 0 aliphatic rings. The molecule has 100 valence electrons. The molecule has 0 fully saturated rings. The summed E-state index contributed by atoms with van der Waals surface area (Å²) in [4.78, 5) is 7.71. The van der Waals surface area contributed by atoms with Crippen LogP contribution in [-0.4, -0.2) is 9.97 Å². The van der Waals surface area contributed by atoms with Gasteiger partial charge in [0.05, 0.1) is 17.9 Å². The van der Waals surface area contributed by atoms with Gasteiger partial charge in [-0.25, -0.2) is 17.6 Å². The van der Waals surface area contributed by atoms with E-state index in [1.54, 1.807) is 0 Å². The molecule has 1 aromatic carbocycles. The molecule has 0 saturated heterocycles. The third kappa shape index (κ3) is 2.64. The zero-order valence-corrected chi connectivity index (χ0v) is 9.79. The van der Waals surface area contributed by atoms with Crippen molar-refractivity contribution in [3.05, 3.63) is 53.6 Å². The Morgan fingerprint density at radius 2 is 1.68 bits per heavy atom. The highest BCUT2D eigenvalue weighted by Crippen LogP contribution is 2.27. The first kappa shape index (κ1) is 13.3. The SMILES string of the molecule is CC(Nc1c(F)c(F)cc(F)c1F)c1cnccn1. The average Bonchev–Trinajstić information content (AvgIpc) is 2.42. The van der Waals surface area contributed by atoms with Crippen LogP contribution in [0.5, 0.6) is 0 Å². The maximum absolute atomic E-state index is 13.4. The molecule has 1 unspecified atom stereocenters. The van der Waals surface area contributed by atoms with Gasteiger partial charge < -0.3 is 5.32 Å². The van der Waals surface area contributed by atoms with E-state index in [0.29, 0.717) is 5.69 Å². The van der Waals surface area contributed by atoms with E-state index in [4.69, 9.17) is 0 Å². The van der Waals surface area contributed by atoms with E-state index in [1.165, 1.54) is 25.5 Å². The van der Waals surface area contributed by atoms with Crippen LogP contribution < -0.4 is 5.32 Å². The van der Waals surface area contributed by atoms with E-state index in [0.717, 1.165) is 0 Å². The summed E-state index contributed by atoms with van der Waals surface area (Å²) in [5.41, 5.74) is -0.485. The highest BCUT2D eigenvalue weighted by atomic mass is 19.2. The Balaban J connectivity index is 2.34. The van der Waals surface area contributed by atoms with E-state index < -0.39 is 35.0 Å². The van der Waals surface area contributed by atoms with Gasteiger partial charge in [0.25, 0.3) is 0 Å². The van der Waals surface area contributed by atoms with Gasteiger partial charge >= 0.3 is 0 Å². The Labute approximate surface area is 106 Å². The van der Waals surface area contributed by atoms with Gasteiger partial charge in [-0.05, 0) is 6.92 Å². The summed E-state index contributed by atoms with van der Waals surface area (Å²) in [5.74, 6) is -5.88. The van der Waals surface area contributed by atoms with E-state index in [-0.39, 0.29) is 6.07 Å². The monoisotopic (exact) mass is 271 g/mol. The van der Waals surface area contributed by atoms with Gasteiger partial charge in [0, 0.05) is 18.5 Å². The zero-order chi connectivity index (χ0) is 14.0. The zero-order valence-electron chi connectivity index (χ0n) is 9.79. The molecule has 1 aromatic heterocycles. The molecule has 1 heterocycles. The van der Waals surface area contributed by atoms with Crippen molar-refractivity contribution in [3.63, 3.8) is 0 Å². The predicted octanol–water partition coefficient (Wildman–Crippen LogP) is 3.21. The van der Waals surface area contributed by atoms with Gasteiger partial charge in [-0.15, -0.1) is 0 Å². The van der Waals surface area contributed by atoms with Crippen LogP contribution >= 0.6 is 0 Å². The molecule has 19 heavy (non-hydrogen) atoms. The molecule has 0 bridgehead atoms. The van der Waals surface area contributed by atoms with Gasteiger partial charge in [0.15, 0.2) is 23.3 Å². The molecular formula is C12H9F4N3. The molecule has 0 aliphatic carbocycles. The smallest absolute Gasteiger partial charge is 0.185 e. The third-order valence-electron chi connectivity index (χ3n) is 2.50. The fraction of sp³-hybridized carbons (Fsp3) is 0.167. The summed E-state index contributed by atoms with van der Waals surface area (Å²) in [6.07, 6.45) is 4.20. The second-order valence-corrected chi connectivity index (χ2v) is 3.84. The van der Waals surface area contributed by atoms with Crippen molar-refractivity contribution in [2.75, 3.05) is 5.32 Å². The second kappa shape index (κ2) is 5.21. The lowest BCUT2D eigenvalue weighted by molar-refractivity contribution is 0.457. The van der Waals surface area contributed by atoms with Crippen LogP contribution in [0.2, 0.25) is 0 Å². The normalized spacial score (nSPS) is 12.3. The van der Waals surface area contributed by atoms with Crippen LogP contribution in [0.1, 0.15) is 18.7 Å². The summed E-state index contributed by atoms with van der Waals surface area (Å²) in [6.45, 7) is 1.53. The number of benzene rings is 1. The molecule has 1 atom stereocenters. The molecule has 2 rings (SSSR count). The fourth-order valence-electron chi connectivity index (χ4n) is 1.52. The molecule has 0 spiro atoms. The number of rotatable bonds is 3. The average molecular weight is 271 g/mol. The molecule has 0 radical (unpaired) electrons. The van der Waals surface area contributed by atoms with Crippen LogP contribution in [0.4, 0.5) is 23.2 Å². The lowest BCUT2D eigenvalue weighted by atomic mass is 10.2. The Bertz CT molecular complexity index is 563. The number of anilines is 1. The van der Waals surface area contributed by atoms with E-state index in [1.807, 2.05) is 0 Å². The number of hydrogen-bond donors (Lipinski definition) is 1. The fourth-order valence-corrected chi connectivity index (χ4v) is 1.52. The first-order valence-corrected chi connectivity index (χ1v) is 5.36. The van der Waals surface area contributed by atoms with Crippen LogP contribution in [0.15, 0.2) is 24.7 Å². The lowest BCUT2D eigenvalue weighted by Gasteiger charge is -2.16. The second-order valence-electron chi connectivity index (χ2n) is 3.84. The number of halogens is 4. The Morgan fingerprint density at radius 1 is 1.05 bits per heavy atom. The molecule has 2 aromatic rings. The van der Waals surface area contributed by atoms with Gasteiger partial charge in [-0.1, -0.05) is 0 Å². The van der Waals surface area contributed by atoms with Gasteiger partial charge in [-0.3, -0.25) is 9.97 Å². The highest BCUT2D eigenvalue weighted by Gasteiger charge is 2.21. The van der Waals surface area contributed by atoms with Gasteiger partial charge in [0.2, 0.25) is 0 Å². The molecule has 1 N–H and O–H groups in total. The third-order valence-corrected chi connectivity index (χ3v) is 2.50. The first-order valence-electron chi connectivity index (χ1n) is 5.36. The quantitative estimate of drug-likeness (QED) is 0.688. The summed E-state index contributed by atoms with van der Waals surface area (Å²) in [5, 5.41) is 2.34. The van der Waals surface area contributed by atoms with Crippen molar-refractivity contribution in [1.82, 2.24) is 9.97 Å². The van der Waals surface area contributed by atoms with Crippen LogP contribution in [0.25, 0.3) is 0 Å². The lowest BCUT2D eigenvalue weighted by Crippen LogP contribution is -2.13.